The molecule has 0 saturated heterocycles. The van der Waals surface area contributed by atoms with Crippen LogP contribution in [0.15, 0.2) is 41.6 Å². The van der Waals surface area contributed by atoms with E-state index >= 15 is 0 Å². The maximum Gasteiger partial charge on any atom is 0.258 e. The van der Waals surface area contributed by atoms with E-state index in [4.69, 9.17) is 0 Å². The van der Waals surface area contributed by atoms with E-state index in [1.165, 1.54) is 0 Å². The third-order valence-corrected chi connectivity index (χ3v) is 3.69. The van der Waals surface area contributed by atoms with Gasteiger partial charge >= 0.3 is 0 Å². The van der Waals surface area contributed by atoms with Crippen LogP contribution in [0, 0.1) is 6.92 Å². The fourth-order valence-electron chi connectivity index (χ4n) is 2.67. The highest BCUT2D eigenvalue weighted by Crippen LogP contribution is 2.25. The minimum absolute atomic E-state index is 0.178. The molecule has 0 unspecified atom stereocenters. The van der Waals surface area contributed by atoms with Crippen molar-refractivity contribution < 1.29 is 0 Å². The van der Waals surface area contributed by atoms with Gasteiger partial charge in [-0.1, -0.05) is 0 Å². The summed E-state index contributed by atoms with van der Waals surface area (Å²) in [7, 11) is 1.90. The second-order valence-electron chi connectivity index (χ2n) is 5.33. The third kappa shape index (κ3) is 1.88. The van der Waals surface area contributed by atoms with E-state index in [0.29, 0.717) is 16.7 Å². The van der Waals surface area contributed by atoms with Crippen LogP contribution in [0.2, 0.25) is 0 Å². The van der Waals surface area contributed by atoms with E-state index in [0.717, 1.165) is 22.0 Å². The molecule has 108 valence electrons. The molecule has 0 bridgehead atoms. The Hall–Kier alpha value is -3.02. The highest BCUT2D eigenvalue weighted by Gasteiger charge is 2.09. The van der Waals surface area contributed by atoms with Crippen LogP contribution < -0.4 is 5.56 Å². The number of benzene rings is 1. The Morgan fingerprint density at radius 1 is 1.27 bits per heavy atom. The molecule has 22 heavy (non-hydrogen) atoms. The maximum absolute atomic E-state index is 11.7. The first-order valence-corrected chi connectivity index (χ1v) is 6.90. The molecule has 1 N–H and O–H groups in total. The van der Waals surface area contributed by atoms with Gasteiger partial charge in [-0.25, -0.2) is 9.97 Å². The number of rotatable bonds is 1. The number of pyridine rings is 1. The molecule has 0 aliphatic rings. The maximum atomic E-state index is 11.7. The predicted octanol–water partition coefficient (Wildman–Crippen LogP) is 2.18. The predicted molar refractivity (Wildman–Crippen MR) is 84.6 cm³/mol. The highest BCUT2D eigenvalue weighted by molar-refractivity contribution is 5.87. The van der Waals surface area contributed by atoms with Crippen molar-refractivity contribution in [2.24, 2.45) is 7.05 Å². The average Bonchev–Trinajstić information content (AvgIpc) is 2.88. The summed E-state index contributed by atoms with van der Waals surface area (Å²) in [5, 5.41) is 5.98. The molecule has 0 atom stereocenters. The molecule has 0 fully saturated rings. The normalized spacial score (nSPS) is 11.4. The van der Waals surface area contributed by atoms with Crippen LogP contribution in [0.4, 0.5) is 0 Å². The minimum atomic E-state index is -0.178. The summed E-state index contributed by atoms with van der Waals surface area (Å²) in [4.78, 5) is 23.2. The first kappa shape index (κ1) is 12.7. The van der Waals surface area contributed by atoms with Crippen LogP contribution in [0.3, 0.4) is 0 Å². The molecule has 3 aromatic heterocycles. The van der Waals surface area contributed by atoms with Gasteiger partial charge in [0.25, 0.3) is 5.56 Å². The van der Waals surface area contributed by atoms with Crippen LogP contribution in [-0.4, -0.2) is 24.7 Å². The van der Waals surface area contributed by atoms with Crippen molar-refractivity contribution in [3.8, 4) is 11.4 Å². The summed E-state index contributed by atoms with van der Waals surface area (Å²) in [5.41, 5.74) is 3.42. The lowest BCUT2D eigenvalue weighted by Gasteiger charge is -2.04. The molecule has 6 nitrogen and oxygen atoms in total. The number of aromatic nitrogens is 5. The van der Waals surface area contributed by atoms with Gasteiger partial charge in [-0.3, -0.25) is 9.48 Å². The minimum Gasteiger partial charge on any atom is -0.328 e. The smallest absolute Gasteiger partial charge is 0.258 e. The Kier molecular flexibility index (Phi) is 2.59. The van der Waals surface area contributed by atoms with Gasteiger partial charge in [0.1, 0.15) is 0 Å². The summed E-state index contributed by atoms with van der Waals surface area (Å²) >= 11 is 0. The summed E-state index contributed by atoms with van der Waals surface area (Å²) in [6.45, 7) is 2.02. The number of nitrogens with zero attached hydrogens (tertiary/aromatic N) is 4. The molecule has 0 amide bonds. The van der Waals surface area contributed by atoms with Crippen molar-refractivity contribution >= 4 is 21.8 Å². The first-order valence-electron chi connectivity index (χ1n) is 6.90. The van der Waals surface area contributed by atoms with E-state index < -0.39 is 0 Å². The fourth-order valence-corrected chi connectivity index (χ4v) is 2.67. The third-order valence-electron chi connectivity index (χ3n) is 3.69. The van der Waals surface area contributed by atoms with Gasteiger partial charge in [-0.05, 0) is 30.7 Å². The number of nitrogens with one attached hydrogen (secondary N) is 1. The fraction of sp³-hybridized carbons (Fsp3) is 0.125. The molecule has 1 aromatic carbocycles. The number of hydrogen-bond donors (Lipinski definition) is 1. The number of hydrogen-bond acceptors (Lipinski definition) is 4. The lowest BCUT2D eigenvalue weighted by molar-refractivity contribution is 0.779. The molecular weight excluding hydrogens is 278 g/mol. The summed E-state index contributed by atoms with van der Waals surface area (Å²) in [6.07, 6.45) is 5.13. The first-order chi connectivity index (χ1) is 10.6. The number of H-pyrrole nitrogens is 1. The van der Waals surface area contributed by atoms with Crippen molar-refractivity contribution in [3.05, 3.63) is 52.7 Å². The Morgan fingerprint density at radius 3 is 3.00 bits per heavy atom. The second kappa shape index (κ2) is 4.49. The zero-order chi connectivity index (χ0) is 15.3. The molecule has 0 saturated carbocycles. The monoisotopic (exact) mass is 291 g/mol. The number of fused-ring (bicyclic) bond motifs is 2. The number of aromatic amines is 1. The largest absolute Gasteiger partial charge is 0.328 e. The van der Waals surface area contributed by atoms with Crippen molar-refractivity contribution in [1.82, 2.24) is 24.7 Å². The van der Waals surface area contributed by atoms with Gasteiger partial charge in [0.05, 0.1) is 16.4 Å². The molecule has 0 spiro atoms. The van der Waals surface area contributed by atoms with Crippen LogP contribution in [0.1, 0.15) is 5.56 Å². The van der Waals surface area contributed by atoms with Gasteiger partial charge in [0.2, 0.25) is 0 Å². The van der Waals surface area contributed by atoms with Gasteiger partial charge in [0, 0.05) is 36.6 Å². The lowest BCUT2D eigenvalue weighted by atomic mass is 10.1. The molecule has 4 aromatic rings. The molecule has 6 heteroatoms. The van der Waals surface area contributed by atoms with Crippen molar-refractivity contribution in [2.45, 2.75) is 6.92 Å². The molecule has 0 aliphatic heterocycles. The highest BCUT2D eigenvalue weighted by atomic mass is 16.1. The van der Waals surface area contributed by atoms with Gasteiger partial charge < -0.3 is 4.98 Å². The summed E-state index contributed by atoms with van der Waals surface area (Å²) in [6, 6.07) is 5.81. The Bertz CT molecular complexity index is 1080. The van der Waals surface area contributed by atoms with Crippen molar-refractivity contribution in [2.75, 3.05) is 0 Å². The Morgan fingerprint density at radius 2 is 2.14 bits per heavy atom. The topological polar surface area (TPSA) is 76.5 Å². The van der Waals surface area contributed by atoms with Crippen LogP contribution in [0.5, 0.6) is 0 Å². The second-order valence-corrected chi connectivity index (χ2v) is 5.33. The molecule has 4 rings (SSSR count). The van der Waals surface area contributed by atoms with Crippen LogP contribution >= 0.6 is 0 Å². The molecule has 3 heterocycles. The Balaban J connectivity index is 1.96. The van der Waals surface area contributed by atoms with E-state index in [2.05, 4.69) is 20.1 Å². The van der Waals surface area contributed by atoms with Crippen molar-refractivity contribution in [1.29, 1.82) is 0 Å². The lowest BCUT2D eigenvalue weighted by Crippen LogP contribution is -2.06. The van der Waals surface area contributed by atoms with E-state index in [-0.39, 0.29) is 5.56 Å². The summed E-state index contributed by atoms with van der Waals surface area (Å²) < 4.78 is 1.79. The molecule has 0 aliphatic carbocycles. The standard InChI is InChI=1S/C16H13N5O/c1-9-5-10(6-11-8-21(2)20-14(9)11)15-18-7-12-13(19-15)3-4-17-16(12)22/h3-8H,1-2H3,(H,17,22). The van der Waals surface area contributed by atoms with Gasteiger partial charge in [0.15, 0.2) is 5.82 Å². The zero-order valence-corrected chi connectivity index (χ0v) is 12.2. The average molecular weight is 291 g/mol. The van der Waals surface area contributed by atoms with Gasteiger partial charge in [-0.15, -0.1) is 0 Å². The SMILES string of the molecule is Cc1cc(-c2ncc3c(=O)[nH]ccc3n2)cc2cn(C)nc12. The van der Waals surface area contributed by atoms with Crippen LogP contribution in [0.25, 0.3) is 33.2 Å². The molecular formula is C16H13N5O. The molecule has 0 radical (unpaired) electrons. The van der Waals surface area contributed by atoms with E-state index in [1.54, 1.807) is 23.1 Å². The van der Waals surface area contributed by atoms with E-state index in [9.17, 15) is 4.79 Å². The quantitative estimate of drug-likeness (QED) is 0.583. The van der Waals surface area contributed by atoms with Gasteiger partial charge in [-0.2, -0.15) is 5.10 Å². The zero-order valence-electron chi connectivity index (χ0n) is 12.2. The number of aryl methyl sites for hydroxylation is 2. The summed E-state index contributed by atoms with van der Waals surface area (Å²) in [5.74, 6) is 0.604. The van der Waals surface area contributed by atoms with Crippen molar-refractivity contribution in [3.63, 3.8) is 0 Å². The van der Waals surface area contributed by atoms with Crippen LogP contribution in [-0.2, 0) is 7.05 Å². The Labute approximate surface area is 125 Å². The van der Waals surface area contributed by atoms with E-state index in [1.807, 2.05) is 32.3 Å².